The van der Waals surface area contributed by atoms with Gasteiger partial charge >= 0.3 is 0 Å². The number of nitrogens with two attached hydrogens (primary N) is 1. The summed E-state index contributed by atoms with van der Waals surface area (Å²) in [5.74, 6) is 0. The number of nitrogens with zero attached hydrogens (tertiary/aromatic N) is 2. The minimum absolute atomic E-state index is 0.796. The number of fused-ring (bicyclic) bond motifs is 1. The van der Waals surface area contributed by atoms with Gasteiger partial charge < -0.3 is 10.6 Å². The molecule has 0 fully saturated rings. The van der Waals surface area contributed by atoms with Gasteiger partial charge in [-0.3, -0.25) is 4.98 Å². The number of anilines is 2. The lowest BCUT2D eigenvalue weighted by Gasteiger charge is -2.21. The molecule has 0 aliphatic carbocycles. The maximum absolute atomic E-state index is 6.02. The number of thiophene rings is 1. The molecular formula is C15H15N3S. The third-order valence-electron chi connectivity index (χ3n) is 3.24. The van der Waals surface area contributed by atoms with Crippen LogP contribution < -0.4 is 10.6 Å². The Balaban J connectivity index is 2.03. The Bertz CT molecular complexity index is 692. The summed E-state index contributed by atoms with van der Waals surface area (Å²) in [6.45, 7) is 0.886. The summed E-state index contributed by atoms with van der Waals surface area (Å²) in [4.78, 5) is 6.44. The van der Waals surface area contributed by atoms with Crippen LogP contribution in [-0.4, -0.2) is 12.0 Å². The first kappa shape index (κ1) is 12.0. The van der Waals surface area contributed by atoms with E-state index >= 15 is 0 Å². The Hall–Kier alpha value is -2.07. The average Bonchev–Trinajstić information content (AvgIpc) is 2.92. The highest BCUT2D eigenvalue weighted by molar-refractivity contribution is 7.07. The zero-order valence-electron chi connectivity index (χ0n) is 10.7. The number of rotatable bonds is 3. The standard InChI is InChI=1S/C15H15N3S/c1-18(9-11-5-7-19-10-11)15-3-2-14(16)12-4-6-17-8-13(12)15/h2-8,10H,9,16H2,1H3. The van der Waals surface area contributed by atoms with Crippen molar-refractivity contribution >= 4 is 33.5 Å². The minimum atomic E-state index is 0.796. The van der Waals surface area contributed by atoms with Crippen LogP contribution in [0.5, 0.6) is 0 Å². The highest BCUT2D eigenvalue weighted by atomic mass is 32.1. The number of aromatic nitrogens is 1. The van der Waals surface area contributed by atoms with E-state index in [0.29, 0.717) is 0 Å². The smallest absolute Gasteiger partial charge is 0.0463 e. The number of benzene rings is 1. The SMILES string of the molecule is CN(Cc1ccsc1)c1ccc(N)c2ccncc12. The quantitative estimate of drug-likeness (QED) is 0.740. The Kier molecular flexibility index (Phi) is 3.09. The van der Waals surface area contributed by atoms with E-state index in [1.807, 2.05) is 18.3 Å². The van der Waals surface area contributed by atoms with Gasteiger partial charge in [0.1, 0.15) is 0 Å². The lowest BCUT2D eigenvalue weighted by atomic mass is 10.1. The zero-order valence-corrected chi connectivity index (χ0v) is 11.5. The van der Waals surface area contributed by atoms with Crippen molar-refractivity contribution in [3.63, 3.8) is 0 Å². The Morgan fingerprint density at radius 3 is 2.89 bits per heavy atom. The van der Waals surface area contributed by atoms with Crippen molar-refractivity contribution in [2.45, 2.75) is 6.54 Å². The normalized spacial score (nSPS) is 10.8. The molecule has 0 radical (unpaired) electrons. The van der Waals surface area contributed by atoms with Crippen LogP contribution in [0.1, 0.15) is 5.56 Å². The van der Waals surface area contributed by atoms with Crippen molar-refractivity contribution in [2.24, 2.45) is 0 Å². The number of pyridine rings is 1. The van der Waals surface area contributed by atoms with Crippen molar-refractivity contribution in [2.75, 3.05) is 17.7 Å². The van der Waals surface area contributed by atoms with Crippen LogP contribution >= 0.6 is 11.3 Å². The summed E-state index contributed by atoms with van der Waals surface area (Å²) in [5.41, 5.74) is 9.29. The van der Waals surface area contributed by atoms with Gasteiger partial charge in [0.2, 0.25) is 0 Å². The molecule has 0 saturated heterocycles. The first-order valence-corrected chi connectivity index (χ1v) is 7.04. The Labute approximate surface area is 116 Å². The van der Waals surface area contributed by atoms with Crippen molar-refractivity contribution < 1.29 is 0 Å². The number of nitrogen functional groups attached to an aromatic ring is 1. The summed E-state index contributed by atoms with van der Waals surface area (Å²) in [6, 6.07) is 8.14. The van der Waals surface area contributed by atoms with Crippen molar-refractivity contribution in [1.29, 1.82) is 0 Å². The summed E-state index contributed by atoms with van der Waals surface area (Å²) < 4.78 is 0. The van der Waals surface area contributed by atoms with Gasteiger partial charge in [0.25, 0.3) is 0 Å². The molecule has 0 atom stereocenters. The van der Waals surface area contributed by atoms with E-state index in [4.69, 9.17) is 5.73 Å². The van der Waals surface area contributed by atoms with Crippen LogP contribution in [0.2, 0.25) is 0 Å². The average molecular weight is 269 g/mol. The summed E-state index contributed by atoms with van der Waals surface area (Å²) in [5, 5.41) is 6.44. The fourth-order valence-corrected chi connectivity index (χ4v) is 2.93. The largest absolute Gasteiger partial charge is 0.398 e. The predicted molar refractivity (Wildman–Crippen MR) is 82.6 cm³/mol. The van der Waals surface area contributed by atoms with E-state index in [2.05, 4.69) is 39.8 Å². The van der Waals surface area contributed by atoms with Crippen LogP contribution in [-0.2, 0) is 6.54 Å². The molecule has 1 aromatic carbocycles. The molecule has 0 saturated carbocycles. The lowest BCUT2D eigenvalue weighted by molar-refractivity contribution is 0.932. The van der Waals surface area contributed by atoms with Crippen LogP contribution in [0.25, 0.3) is 10.8 Å². The van der Waals surface area contributed by atoms with E-state index in [9.17, 15) is 0 Å². The highest BCUT2D eigenvalue weighted by Gasteiger charge is 2.09. The molecule has 2 N–H and O–H groups in total. The number of hydrogen-bond donors (Lipinski definition) is 1. The Morgan fingerprint density at radius 2 is 2.11 bits per heavy atom. The fraction of sp³-hybridized carbons (Fsp3) is 0.133. The molecule has 3 rings (SSSR count). The maximum Gasteiger partial charge on any atom is 0.0463 e. The summed E-state index contributed by atoms with van der Waals surface area (Å²) in [7, 11) is 2.09. The van der Waals surface area contributed by atoms with E-state index in [-0.39, 0.29) is 0 Å². The second-order valence-corrected chi connectivity index (χ2v) is 5.36. The van der Waals surface area contributed by atoms with Gasteiger partial charge in [-0.15, -0.1) is 0 Å². The molecule has 2 aromatic heterocycles. The fourth-order valence-electron chi connectivity index (χ4n) is 2.27. The first-order chi connectivity index (χ1) is 9.25. The van der Waals surface area contributed by atoms with Crippen molar-refractivity contribution in [1.82, 2.24) is 4.98 Å². The van der Waals surface area contributed by atoms with Gasteiger partial charge in [-0.2, -0.15) is 11.3 Å². The molecule has 0 spiro atoms. The number of hydrogen-bond acceptors (Lipinski definition) is 4. The summed E-state index contributed by atoms with van der Waals surface area (Å²) >= 11 is 1.72. The van der Waals surface area contributed by atoms with Crippen LogP contribution in [0.3, 0.4) is 0 Å². The second-order valence-electron chi connectivity index (χ2n) is 4.58. The molecule has 3 nitrogen and oxygen atoms in total. The lowest BCUT2D eigenvalue weighted by Crippen LogP contribution is -2.16. The van der Waals surface area contributed by atoms with Crippen LogP contribution in [0, 0.1) is 0 Å². The molecule has 0 aliphatic heterocycles. The monoisotopic (exact) mass is 269 g/mol. The van der Waals surface area contributed by atoms with E-state index < -0.39 is 0 Å². The molecule has 0 aliphatic rings. The van der Waals surface area contributed by atoms with Gasteiger partial charge in [0, 0.05) is 48.1 Å². The molecule has 4 heteroatoms. The van der Waals surface area contributed by atoms with E-state index in [0.717, 1.165) is 28.7 Å². The predicted octanol–water partition coefficient (Wildman–Crippen LogP) is 3.51. The molecule has 3 aromatic rings. The third-order valence-corrected chi connectivity index (χ3v) is 3.97. The molecule has 0 amide bonds. The summed E-state index contributed by atoms with van der Waals surface area (Å²) in [6.07, 6.45) is 3.66. The molecule has 2 heterocycles. The zero-order chi connectivity index (χ0) is 13.2. The second kappa shape index (κ2) is 4.90. The van der Waals surface area contributed by atoms with Gasteiger partial charge in [-0.25, -0.2) is 0 Å². The molecule has 96 valence electrons. The van der Waals surface area contributed by atoms with Crippen molar-refractivity contribution in [3.8, 4) is 0 Å². The van der Waals surface area contributed by atoms with E-state index in [1.54, 1.807) is 17.5 Å². The molecule has 19 heavy (non-hydrogen) atoms. The van der Waals surface area contributed by atoms with Crippen LogP contribution in [0.15, 0.2) is 47.4 Å². The topological polar surface area (TPSA) is 42.1 Å². The van der Waals surface area contributed by atoms with E-state index in [1.165, 1.54) is 5.56 Å². The van der Waals surface area contributed by atoms with Gasteiger partial charge in [0.15, 0.2) is 0 Å². The van der Waals surface area contributed by atoms with Crippen molar-refractivity contribution in [3.05, 3.63) is 53.0 Å². The van der Waals surface area contributed by atoms with Gasteiger partial charge in [-0.1, -0.05) is 0 Å². The van der Waals surface area contributed by atoms with Gasteiger partial charge in [-0.05, 0) is 40.6 Å². The highest BCUT2D eigenvalue weighted by Crippen LogP contribution is 2.30. The Morgan fingerprint density at radius 1 is 1.21 bits per heavy atom. The molecular weight excluding hydrogens is 254 g/mol. The minimum Gasteiger partial charge on any atom is -0.398 e. The van der Waals surface area contributed by atoms with Crippen LogP contribution in [0.4, 0.5) is 11.4 Å². The van der Waals surface area contributed by atoms with Gasteiger partial charge in [0.05, 0.1) is 0 Å². The maximum atomic E-state index is 6.02. The molecule has 0 unspecified atom stereocenters. The first-order valence-electron chi connectivity index (χ1n) is 6.10. The third kappa shape index (κ3) is 2.27. The molecule has 0 bridgehead atoms.